The number of nitrogens with zero attached hydrogens (tertiary/aromatic N) is 1. The van der Waals surface area contributed by atoms with Crippen LogP contribution >= 0.6 is 31.9 Å². The van der Waals surface area contributed by atoms with Crippen LogP contribution in [0, 0.1) is 0 Å². The maximum absolute atomic E-state index is 12.6. The maximum Gasteiger partial charge on any atom is 0.322 e. The molecule has 0 unspecified atom stereocenters. The van der Waals surface area contributed by atoms with Gasteiger partial charge in [-0.15, -0.1) is 0 Å². The summed E-state index contributed by atoms with van der Waals surface area (Å²) in [5, 5.41) is 13.9. The number of anilines is 2. The first kappa shape index (κ1) is 21.3. The quantitative estimate of drug-likeness (QED) is 0.389. The average molecular weight is 529 g/mol. The number of carbonyl (C=O) groups is 3. The molecule has 3 rings (SSSR count). The summed E-state index contributed by atoms with van der Waals surface area (Å²) in [6.07, 6.45) is 0.791. The zero-order valence-electron chi connectivity index (χ0n) is 15.2. The minimum absolute atomic E-state index is 0.00152. The van der Waals surface area contributed by atoms with E-state index >= 15 is 0 Å². The second-order valence-corrected chi connectivity index (χ2v) is 8.25. The van der Waals surface area contributed by atoms with Gasteiger partial charge in [-0.1, -0.05) is 0 Å². The van der Waals surface area contributed by atoms with Crippen molar-refractivity contribution in [1.29, 1.82) is 0 Å². The lowest BCUT2D eigenvalue weighted by Gasteiger charge is -2.23. The highest BCUT2D eigenvalue weighted by atomic mass is 79.9. The summed E-state index contributed by atoms with van der Waals surface area (Å²) >= 11 is 6.63. The molecule has 0 saturated carbocycles. The van der Waals surface area contributed by atoms with Gasteiger partial charge in [-0.25, -0.2) is 0 Å². The highest BCUT2D eigenvalue weighted by Crippen LogP contribution is 2.31. The Morgan fingerprint density at radius 2 is 2.00 bits per heavy atom. The predicted octanol–water partition coefficient (Wildman–Crippen LogP) is 2.14. The number of amides is 2. The van der Waals surface area contributed by atoms with Gasteiger partial charge in [-0.3, -0.25) is 14.4 Å². The van der Waals surface area contributed by atoms with Crippen LogP contribution in [-0.4, -0.2) is 53.6 Å². The lowest BCUT2D eigenvalue weighted by molar-refractivity contribution is -0.135. The highest BCUT2D eigenvalue weighted by Gasteiger charge is 2.24. The van der Waals surface area contributed by atoms with Crippen molar-refractivity contribution in [2.75, 3.05) is 29.9 Å². The fourth-order valence-corrected chi connectivity index (χ4v) is 3.68. The average Bonchev–Trinajstić information content (AvgIpc) is 3.25. The number of carbonyl (C=O) groups excluding carboxylic acids is 2. The van der Waals surface area contributed by atoms with Crippen LogP contribution in [0.4, 0.5) is 11.4 Å². The van der Waals surface area contributed by atoms with E-state index in [1.54, 1.807) is 18.2 Å². The van der Waals surface area contributed by atoms with Crippen molar-refractivity contribution >= 4 is 61.0 Å². The molecule has 11 heteroatoms. The zero-order valence-corrected chi connectivity index (χ0v) is 18.3. The molecule has 1 atom stereocenters. The number of H-pyrrole nitrogens is 1. The maximum atomic E-state index is 12.6. The van der Waals surface area contributed by atoms with Crippen molar-refractivity contribution in [2.45, 2.75) is 12.5 Å². The summed E-state index contributed by atoms with van der Waals surface area (Å²) < 4.78 is 1.37. The second kappa shape index (κ2) is 8.97. The highest BCUT2D eigenvalue weighted by molar-refractivity contribution is 9.13. The van der Waals surface area contributed by atoms with Crippen molar-refractivity contribution < 1.29 is 19.5 Å². The van der Waals surface area contributed by atoms with Crippen LogP contribution < -0.4 is 21.3 Å². The molecule has 0 aliphatic carbocycles. The van der Waals surface area contributed by atoms with Crippen LogP contribution in [0.15, 0.2) is 33.3 Å². The normalized spacial score (nSPS) is 16.0. The third-order valence-corrected chi connectivity index (χ3v) is 6.23. The number of nitrogens with two attached hydrogens (primary N) is 1. The van der Waals surface area contributed by atoms with Crippen LogP contribution in [0.2, 0.25) is 0 Å². The molecule has 1 aromatic heterocycles. The monoisotopic (exact) mass is 527 g/mol. The van der Waals surface area contributed by atoms with Gasteiger partial charge < -0.3 is 31.4 Å². The van der Waals surface area contributed by atoms with Crippen LogP contribution in [0.1, 0.15) is 27.3 Å². The van der Waals surface area contributed by atoms with Gasteiger partial charge in [0.05, 0.1) is 20.5 Å². The largest absolute Gasteiger partial charge is 0.480 e. The fourth-order valence-electron chi connectivity index (χ4n) is 3.02. The number of hydrogen-bond donors (Lipinski definition) is 5. The first-order valence-corrected chi connectivity index (χ1v) is 10.3. The van der Waals surface area contributed by atoms with Gasteiger partial charge in [-0.05, 0) is 62.5 Å². The van der Waals surface area contributed by atoms with E-state index in [1.807, 2.05) is 4.90 Å². The van der Waals surface area contributed by atoms with Gasteiger partial charge in [0.25, 0.3) is 11.8 Å². The molecule has 1 aliphatic rings. The molecule has 2 aromatic rings. The van der Waals surface area contributed by atoms with Crippen molar-refractivity contribution in [3.8, 4) is 0 Å². The molecule has 1 aromatic carbocycles. The Hall–Kier alpha value is -2.37. The summed E-state index contributed by atoms with van der Waals surface area (Å²) in [7, 11) is 0. The third kappa shape index (κ3) is 5.17. The molecular formula is C18H19Br2N5O4. The van der Waals surface area contributed by atoms with E-state index in [2.05, 4.69) is 47.5 Å². The Bertz CT molecular complexity index is 942. The Morgan fingerprint density at radius 3 is 2.59 bits per heavy atom. The number of aromatic nitrogens is 1. The molecule has 6 N–H and O–H groups in total. The fraction of sp³-hybridized carbons (Fsp3) is 0.278. The number of halogens is 2. The number of benzene rings is 1. The third-order valence-electron chi connectivity index (χ3n) is 4.44. The van der Waals surface area contributed by atoms with Crippen LogP contribution in [-0.2, 0) is 4.79 Å². The van der Waals surface area contributed by atoms with Crippen molar-refractivity contribution in [2.24, 2.45) is 5.73 Å². The van der Waals surface area contributed by atoms with E-state index in [9.17, 15) is 14.4 Å². The van der Waals surface area contributed by atoms with Gasteiger partial charge >= 0.3 is 5.97 Å². The van der Waals surface area contributed by atoms with Gasteiger partial charge in [0.2, 0.25) is 0 Å². The standard InChI is InChI=1S/C18H19Br2N5O4/c19-11-6-13(23-16(11)20)18(29)24-12-2-1-9(17(28)22-7-15(26)27)5-14(12)25-4-3-10(21)8-25/h1-2,5-6,10,23H,3-4,7-8,21H2,(H,22,28)(H,24,29)(H,26,27)/t10-/m0/s1. The molecule has 1 fully saturated rings. The van der Waals surface area contributed by atoms with E-state index in [0.717, 1.165) is 10.9 Å². The minimum Gasteiger partial charge on any atom is -0.480 e. The van der Waals surface area contributed by atoms with Gasteiger partial charge in [0.1, 0.15) is 12.2 Å². The Kier molecular flexibility index (Phi) is 6.60. The summed E-state index contributed by atoms with van der Waals surface area (Å²) in [4.78, 5) is 40.5. The smallest absolute Gasteiger partial charge is 0.322 e. The number of hydrogen-bond acceptors (Lipinski definition) is 5. The number of carboxylic acid groups (broad SMARTS) is 1. The molecule has 0 radical (unpaired) electrons. The molecule has 9 nitrogen and oxygen atoms in total. The molecule has 1 saturated heterocycles. The van der Waals surface area contributed by atoms with Crippen LogP contribution in [0.25, 0.3) is 0 Å². The van der Waals surface area contributed by atoms with Crippen LogP contribution in [0.3, 0.4) is 0 Å². The molecule has 29 heavy (non-hydrogen) atoms. The van der Waals surface area contributed by atoms with E-state index in [-0.39, 0.29) is 11.9 Å². The van der Waals surface area contributed by atoms with Crippen molar-refractivity contribution in [3.05, 3.63) is 44.6 Å². The summed E-state index contributed by atoms with van der Waals surface area (Å²) in [6, 6.07) is 6.44. The lowest BCUT2D eigenvalue weighted by Crippen LogP contribution is -2.30. The summed E-state index contributed by atoms with van der Waals surface area (Å²) in [6.45, 7) is 0.796. The summed E-state index contributed by atoms with van der Waals surface area (Å²) in [5.41, 5.74) is 7.85. The van der Waals surface area contributed by atoms with E-state index in [0.29, 0.717) is 40.3 Å². The zero-order chi connectivity index (χ0) is 21.1. The predicted molar refractivity (Wildman–Crippen MR) is 115 cm³/mol. The molecule has 0 bridgehead atoms. The van der Waals surface area contributed by atoms with Gasteiger partial charge in [0.15, 0.2) is 0 Å². The second-order valence-electron chi connectivity index (χ2n) is 6.60. The molecule has 154 valence electrons. The van der Waals surface area contributed by atoms with E-state index in [1.165, 1.54) is 6.07 Å². The summed E-state index contributed by atoms with van der Waals surface area (Å²) in [5.74, 6) is -1.98. The topological polar surface area (TPSA) is 141 Å². The first-order valence-electron chi connectivity index (χ1n) is 8.74. The van der Waals surface area contributed by atoms with E-state index in [4.69, 9.17) is 10.8 Å². The van der Waals surface area contributed by atoms with Crippen molar-refractivity contribution in [3.63, 3.8) is 0 Å². The first-order chi connectivity index (χ1) is 13.7. The lowest BCUT2D eigenvalue weighted by atomic mass is 10.1. The number of aromatic amines is 1. The Labute approximate surface area is 183 Å². The molecule has 1 aliphatic heterocycles. The minimum atomic E-state index is -1.13. The number of carboxylic acids is 1. The molecule has 2 heterocycles. The number of rotatable bonds is 6. The number of aliphatic carboxylic acids is 1. The Balaban J connectivity index is 1.87. The van der Waals surface area contributed by atoms with Gasteiger partial charge in [0, 0.05) is 24.7 Å². The van der Waals surface area contributed by atoms with E-state index < -0.39 is 18.4 Å². The van der Waals surface area contributed by atoms with Crippen molar-refractivity contribution in [1.82, 2.24) is 10.3 Å². The molecular weight excluding hydrogens is 510 g/mol. The molecule has 2 amide bonds. The number of nitrogens with one attached hydrogen (secondary N) is 3. The SMILES string of the molecule is N[C@H]1CCN(c2cc(C(=O)NCC(=O)O)ccc2NC(=O)c2cc(Br)c(Br)[nH]2)C1. The van der Waals surface area contributed by atoms with Gasteiger partial charge in [-0.2, -0.15) is 0 Å². The molecule has 0 spiro atoms. The van der Waals surface area contributed by atoms with Crippen LogP contribution in [0.5, 0.6) is 0 Å². The Morgan fingerprint density at radius 1 is 1.24 bits per heavy atom.